The van der Waals surface area contributed by atoms with Crippen LogP contribution in [-0.2, 0) is 4.74 Å². The number of hydrogen-bond donors (Lipinski definition) is 1. The molecule has 0 saturated heterocycles. The van der Waals surface area contributed by atoms with Gasteiger partial charge in [0.1, 0.15) is 0 Å². The first-order valence-electron chi connectivity index (χ1n) is 15.7. The second-order valence-electron chi connectivity index (χ2n) is 11.1. The highest BCUT2D eigenvalue weighted by molar-refractivity contribution is 5.02. The Balaban J connectivity index is 4.49. The summed E-state index contributed by atoms with van der Waals surface area (Å²) in [5, 5.41) is 9.31. The van der Waals surface area contributed by atoms with Crippen LogP contribution in [0.1, 0.15) is 157 Å². The average Bonchev–Trinajstić information content (AvgIpc) is 2.84. The fraction of sp³-hybridized carbons (Fsp3) is 0.938. The van der Waals surface area contributed by atoms with E-state index in [1.807, 2.05) is 0 Å². The van der Waals surface area contributed by atoms with E-state index in [4.69, 9.17) is 4.74 Å². The zero-order valence-electron chi connectivity index (χ0n) is 24.9. The highest BCUT2D eigenvalue weighted by Gasteiger charge is 2.12. The maximum atomic E-state index is 9.31. The quantitative estimate of drug-likeness (QED) is 0.0909. The van der Waals surface area contributed by atoms with Crippen LogP contribution >= 0.6 is 0 Å². The van der Waals surface area contributed by atoms with Crippen molar-refractivity contribution in [3.8, 4) is 0 Å². The predicted octanol–water partition coefficient (Wildman–Crippen LogP) is 9.68. The molecule has 0 amide bonds. The van der Waals surface area contributed by atoms with Crippen molar-refractivity contribution in [1.29, 1.82) is 0 Å². The predicted molar refractivity (Wildman–Crippen MR) is 156 cm³/mol. The van der Waals surface area contributed by atoms with E-state index in [1.54, 1.807) is 0 Å². The molecule has 0 aromatic heterocycles. The van der Waals surface area contributed by atoms with Gasteiger partial charge in [-0.05, 0) is 64.1 Å². The molecule has 0 radical (unpaired) electrons. The van der Waals surface area contributed by atoms with Crippen LogP contribution in [0.25, 0.3) is 0 Å². The highest BCUT2D eigenvalue weighted by Crippen LogP contribution is 2.23. The summed E-state index contributed by atoms with van der Waals surface area (Å²) in [6, 6.07) is 0. The molecule has 0 spiro atoms. The SMILES string of the molecule is CCCCCCCCCCC(CCCCCCCC)COC(CCCN(CCC)CCO)=C(C)C. The van der Waals surface area contributed by atoms with Gasteiger partial charge in [0.15, 0.2) is 0 Å². The van der Waals surface area contributed by atoms with Gasteiger partial charge in [-0.25, -0.2) is 0 Å². The summed E-state index contributed by atoms with van der Waals surface area (Å²) in [6.45, 7) is 15.3. The molecule has 1 N–H and O–H groups in total. The molecule has 0 saturated carbocycles. The molecule has 0 aliphatic carbocycles. The van der Waals surface area contributed by atoms with Crippen LogP contribution < -0.4 is 0 Å². The molecule has 0 heterocycles. The van der Waals surface area contributed by atoms with Gasteiger partial charge < -0.3 is 14.7 Å². The van der Waals surface area contributed by atoms with Crippen LogP contribution in [0.3, 0.4) is 0 Å². The normalized spacial score (nSPS) is 12.3. The Hall–Kier alpha value is -0.540. The van der Waals surface area contributed by atoms with Crippen molar-refractivity contribution in [3.63, 3.8) is 0 Å². The molecular formula is C32H65NO2. The summed E-state index contributed by atoms with van der Waals surface area (Å²) >= 11 is 0. The van der Waals surface area contributed by atoms with Gasteiger partial charge in [-0.1, -0.05) is 111 Å². The zero-order valence-corrected chi connectivity index (χ0v) is 24.9. The molecule has 3 nitrogen and oxygen atoms in total. The first-order chi connectivity index (χ1) is 17.1. The van der Waals surface area contributed by atoms with Crippen LogP contribution in [-0.4, -0.2) is 42.9 Å². The van der Waals surface area contributed by atoms with E-state index in [0.717, 1.165) is 45.5 Å². The van der Waals surface area contributed by atoms with Crippen LogP contribution in [0.2, 0.25) is 0 Å². The van der Waals surface area contributed by atoms with E-state index in [9.17, 15) is 5.11 Å². The Labute approximate surface area is 221 Å². The molecule has 3 heteroatoms. The Kier molecular flexibility index (Phi) is 26.1. The third kappa shape index (κ3) is 22.4. The molecular weight excluding hydrogens is 430 g/mol. The van der Waals surface area contributed by atoms with Gasteiger partial charge in [0.25, 0.3) is 0 Å². The zero-order chi connectivity index (χ0) is 26.0. The van der Waals surface area contributed by atoms with E-state index in [-0.39, 0.29) is 6.61 Å². The number of hydrogen-bond acceptors (Lipinski definition) is 3. The van der Waals surface area contributed by atoms with Gasteiger partial charge >= 0.3 is 0 Å². The fourth-order valence-electron chi connectivity index (χ4n) is 5.03. The van der Waals surface area contributed by atoms with Crippen molar-refractivity contribution >= 4 is 0 Å². The monoisotopic (exact) mass is 496 g/mol. The van der Waals surface area contributed by atoms with E-state index in [1.165, 1.54) is 114 Å². The van der Waals surface area contributed by atoms with Crippen LogP contribution in [0.5, 0.6) is 0 Å². The summed E-state index contributed by atoms with van der Waals surface area (Å²) < 4.78 is 6.50. The Morgan fingerprint density at radius 2 is 1.14 bits per heavy atom. The summed E-state index contributed by atoms with van der Waals surface area (Å²) in [5.41, 5.74) is 1.33. The number of nitrogens with zero attached hydrogens (tertiary/aromatic N) is 1. The first-order valence-corrected chi connectivity index (χ1v) is 15.7. The van der Waals surface area contributed by atoms with Crippen molar-refractivity contribution in [2.45, 2.75) is 157 Å². The molecule has 1 unspecified atom stereocenters. The van der Waals surface area contributed by atoms with Crippen LogP contribution in [0, 0.1) is 5.92 Å². The highest BCUT2D eigenvalue weighted by atomic mass is 16.5. The van der Waals surface area contributed by atoms with Crippen molar-refractivity contribution in [2.24, 2.45) is 5.92 Å². The van der Waals surface area contributed by atoms with Crippen LogP contribution in [0.4, 0.5) is 0 Å². The Bertz CT molecular complexity index is 452. The minimum Gasteiger partial charge on any atom is -0.498 e. The van der Waals surface area contributed by atoms with Gasteiger partial charge in [-0.3, -0.25) is 0 Å². The molecule has 210 valence electrons. The smallest absolute Gasteiger partial charge is 0.0946 e. The van der Waals surface area contributed by atoms with Crippen molar-refractivity contribution in [1.82, 2.24) is 4.90 Å². The van der Waals surface area contributed by atoms with Gasteiger partial charge in [0, 0.05) is 13.0 Å². The molecule has 0 aliphatic rings. The van der Waals surface area contributed by atoms with Gasteiger partial charge in [-0.15, -0.1) is 0 Å². The van der Waals surface area contributed by atoms with E-state index in [0.29, 0.717) is 5.92 Å². The molecule has 1 atom stereocenters. The van der Waals surface area contributed by atoms with Crippen LogP contribution in [0.15, 0.2) is 11.3 Å². The molecule has 0 rings (SSSR count). The Morgan fingerprint density at radius 3 is 1.60 bits per heavy atom. The number of rotatable bonds is 27. The standard InChI is InChI=1S/C32H65NO2/c1-6-9-11-13-15-16-18-20-23-31(22-19-17-14-12-10-7-2)29-35-32(30(4)5)24-21-26-33(25-8-3)27-28-34/h31,34H,6-29H2,1-5H3. The second-order valence-corrected chi connectivity index (χ2v) is 11.1. The minimum absolute atomic E-state index is 0.255. The molecule has 0 bridgehead atoms. The van der Waals surface area contributed by atoms with Gasteiger partial charge in [0.2, 0.25) is 0 Å². The van der Waals surface area contributed by atoms with E-state index < -0.39 is 0 Å². The topological polar surface area (TPSA) is 32.7 Å². The summed E-state index contributed by atoms with van der Waals surface area (Å²) in [6.07, 6.45) is 25.4. The first kappa shape index (κ1) is 34.5. The number of aliphatic hydroxyl groups excluding tert-OH is 1. The molecule has 0 aliphatic heterocycles. The maximum Gasteiger partial charge on any atom is 0.0946 e. The lowest BCUT2D eigenvalue weighted by molar-refractivity contribution is 0.137. The lowest BCUT2D eigenvalue weighted by Crippen LogP contribution is -2.29. The fourth-order valence-corrected chi connectivity index (χ4v) is 5.03. The second kappa shape index (κ2) is 26.5. The number of aliphatic hydroxyl groups is 1. The van der Waals surface area contributed by atoms with E-state index >= 15 is 0 Å². The van der Waals surface area contributed by atoms with Crippen molar-refractivity contribution in [3.05, 3.63) is 11.3 Å². The summed E-state index contributed by atoms with van der Waals surface area (Å²) in [5.74, 6) is 1.93. The third-order valence-corrected chi connectivity index (χ3v) is 7.32. The molecule has 0 aromatic rings. The maximum absolute atomic E-state index is 9.31. The van der Waals surface area contributed by atoms with Gasteiger partial charge in [-0.2, -0.15) is 0 Å². The summed E-state index contributed by atoms with van der Waals surface area (Å²) in [4.78, 5) is 2.38. The average molecular weight is 496 g/mol. The Morgan fingerprint density at radius 1 is 0.629 bits per heavy atom. The minimum atomic E-state index is 0.255. The largest absolute Gasteiger partial charge is 0.498 e. The van der Waals surface area contributed by atoms with Crippen molar-refractivity contribution in [2.75, 3.05) is 32.8 Å². The van der Waals surface area contributed by atoms with E-state index in [2.05, 4.69) is 39.5 Å². The number of allylic oxidation sites excluding steroid dienone is 2. The molecule has 35 heavy (non-hydrogen) atoms. The molecule has 0 fully saturated rings. The lowest BCUT2D eigenvalue weighted by Gasteiger charge is -2.23. The number of ether oxygens (including phenoxy) is 1. The molecule has 0 aromatic carbocycles. The van der Waals surface area contributed by atoms with Gasteiger partial charge in [0.05, 0.1) is 19.0 Å². The number of unbranched alkanes of at least 4 members (excludes halogenated alkanes) is 12. The summed E-state index contributed by atoms with van der Waals surface area (Å²) in [7, 11) is 0. The lowest BCUT2D eigenvalue weighted by atomic mass is 9.94. The van der Waals surface area contributed by atoms with Crippen molar-refractivity contribution < 1.29 is 9.84 Å². The third-order valence-electron chi connectivity index (χ3n) is 7.32.